The zero-order valence-electron chi connectivity index (χ0n) is 13.1. The van der Waals surface area contributed by atoms with E-state index in [4.69, 9.17) is 16.7 Å². The molecule has 0 radical (unpaired) electrons. The van der Waals surface area contributed by atoms with Crippen LogP contribution in [-0.2, 0) is 16.1 Å². The molecule has 1 saturated heterocycles. The monoisotopic (exact) mass is 339 g/mol. The van der Waals surface area contributed by atoms with E-state index in [1.165, 1.54) is 0 Å². The molecule has 1 amide bonds. The van der Waals surface area contributed by atoms with Crippen LogP contribution in [0, 0.1) is 0 Å². The van der Waals surface area contributed by atoms with Gasteiger partial charge in [-0.1, -0.05) is 23.7 Å². The highest BCUT2D eigenvalue weighted by Gasteiger charge is 2.34. The van der Waals surface area contributed by atoms with Gasteiger partial charge in [0.15, 0.2) is 0 Å². The molecule has 1 fully saturated rings. The Morgan fingerprint density at radius 3 is 2.91 bits per heavy atom. The molecule has 0 aliphatic carbocycles. The number of rotatable bonds is 7. The predicted molar refractivity (Wildman–Crippen MR) is 88.4 cm³/mol. The first-order valence-electron chi connectivity index (χ1n) is 7.57. The van der Waals surface area contributed by atoms with Gasteiger partial charge in [-0.05, 0) is 31.0 Å². The summed E-state index contributed by atoms with van der Waals surface area (Å²) in [4.78, 5) is 24.7. The van der Waals surface area contributed by atoms with Gasteiger partial charge in [0, 0.05) is 30.2 Å². The van der Waals surface area contributed by atoms with E-state index in [1.54, 1.807) is 6.07 Å². The molecule has 1 aliphatic rings. The van der Waals surface area contributed by atoms with Crippen molar-refractivity contribution >= 4 is 23.5 Å². The molecule has 1 aromatic rings. The SMILES string of the molecule is C[C@@]1(NCC(=O)O)CCN(CC(=O)NCc2cccc(Cl)c2)C1. The number of carboxylic acids is 1. The predicted octanol–water partition coefficient (Wildman–Crippen LogP) is 1.09. The average molecular weight is 340 g/mol. The van der Waals surface area contributed by atoms with Gasteiger partial charge in [-0.25, -0.2) is 0 Å². The first-order chi connectivity index (χ1) is 10.9. The van der Waals surface area contributed by atoms with Crippen LogP contribution >= 0.6 is 11.6 Å². The highest BCUT2D eigenvalue weighted by atomic mass is 35.5. The molecule has 0 aromatic heterocycles. The lowest BCUT2D eigenvalue weighted by atomic mass is 10.0. The Hall–Kier alpha value is -1.63. The summed E-state index contributed by atoms with van der Waals surface area (Å²) in [6.45, 7) is 4.11. The summed E-state index contributed by atoms with van der Waals surface area (Å²) in [5.41, 5.74) is 0.700. The Morgan fingerprint density at radius 1 is 1.43 bits per heavy atom. The normalized spacial score (nSPS) is 21.3. The molecule has 1 aliphatic heterocycles. The smallest absolute Gasteiger partial charge is 0.317 e. The van der Waals surface area contributed by atoms with E-state index in [2.05, 4.69) is 10.6 Å². The molecule has 0 bridgehead atoms. The molecule has 7 heteroatoms. The largest absolute Gasteiger partial charge is 0.480 e. The molecular formula is C16H22ClN3O3. The third-order valence-corrected chi connectivity index (χ3v) is 4.20. The number of hydrogen-bond donors (Lipinski definition) is 3. The van der Waals surface area contributed by atoms with Crippen LogP contribution in [0.4, 0.5) is 0 Å². The van der Waals surface area contributed by atoms with Crippen molar-refractivity contribution in [1.82, 2.24) is 15.5 Å². The van der Waals surface area contributed by atoms with Gasteiger partial charge < -0.3 is 15.7 Å². The second kappa shape index (κ2) is 7.77. The molecule has 0 unspecified atom stereocenters. The van der Waals surface area contributed by atoms with Crippen molar-refractivity contribution in [1.29, 1.82) is 0 Å². The van der Waals surface area contributed by atoms with Gasteiger partial charge in [-0.2, -0.15) is 0 Å². The third kappa shape index (κ3) is 5.82. The van der Waals surface area contributed by atoms with Crippen molar-refractivity contribution < 1.29 is 14.7 Å². The van der Waals surface area contributed by atoms with Crippen molar-refractivity contribution in [3.8, 4) is 0 Å². The van der Waals surface area contributed by atoms with E-state index in [1.807, 2.05) is 30.0 Å². The molecule has 6 nitrogen and oxygen atoms in total. The van der Waals surface area contributed by atoms with Crippen LogP contribution in [-0.4, -0.2) is 53.6 Å². The van der Waals surface area contributed by atoms with Gasteiger partial charge in [0.1, 0.15) is 0 Å². The number of likely N-dealkylation sites (tertiary alicyclic amines) is 1. The van der Waals surface area contributed by atoms with Crippen molar-refractivity contribution in [3.05, 3.63) is 34.9 Å². The number of hydrogen-bond acceptors (Lipinski definition) is 4. The lowest BCUT2D eigenvalue weighted by Gasteiger charge is -2.25. The first kappa shape index (κ1) is 17.7. The third-order valence-electron chi connectivity index (χ3n) is 3.96. The maximum Gasteiger partial charge on any atom is 0.317 e. The first-order valence-corrected chi connectivity index (χ1v) is 7.94. The second-order valence-electron chi connectivity index (χ2n) is 6.18. The number of carboxylic acid groups (broad SMARTS) is 1. The zero-order valence-corrected chi connectivity index (χ0v) is 13.9. The van der Waals surface area contributed by atoms with E-state index in [-0.39, 0.29) is 18.0 Å². The number of carbonyl (C=O) groups is 2. The van der Waals surface area contributed by atoms with Crippen molar-refractivity contribution in [3.63, 3.8) is 0 Å². The Morgan fingerprint density at radius 2 is 2.22 bits per heavy atom. The number of amides is 1. The molecule has 0 saturated carbocycles. The summed E-state index contributed by atoms with van der Waals surface area (Å²) < 4.78 is 0. The van der Waals surface area contributed by atoms with Gasteiger partial charge in [-0.3, -0.25) is 14.5 Å². The topological polar surface area (TPSA) is 81.7 Å². The van der Waals surface area contributed by atoms with Gasteiger partial charge in [-0.15, -0.1) is 0 Å². The average Bonchev–Trinajstić information content (AvgIpc) is 2.85. The molecule has 0 spiro atoms. The van der Waals surface area contributed by atoms with Crippen molar-refractivity contribution in [2.24, 2.45) is 0 Å². The summed E-state index contributed by atoms with van der Waals surface area (Å²) >= 11 is 5.91. The quantitative estimate of drug-likeness (QED) is 0.693. The van der Waals surface area contributed by atoms with Gasteiger partial charge in [0.2, 0.25) is 5.91 Å². The zero-order chi connectivity index (χ0) is 16.9. The Kier molecular flexibility index (Phi) is 5.98. The Bertz CT molecular complexity index is 581. The molecule has 126 valence electrons. The highest BCUT2D eigenvalue weighted by Crippen LogP contribution is 2.20. The lowest BCUT2D eigenvalue weighted by Crippen LogP contribution is -2.47. The Labute approximate surface area is 140 Å². The van der Waals surface area contributed by atoms with Crippen molar-refractivity contribution in [2.75, 3.05) is 26.2 Å². The number of nitrogens with one attached hydrogen (secondary N) is 2. The minimum Gasteiger partial charge on any atom is -0.480 e. The van der Waals surface area contributed by atoms with Gasteiger partial charge in [0.25, 0.3) is 0 Å². The molecule has 1 heterocycles. The van der Waals surface area contributed by atoms with E-state index in [0.717, 1.165) is 18.5 Å². The minimum absolute atomic E-state index is 0.0486. The Balaban J connectivity index is 1.75. The summed E-state index contributed by atoms with van der Waals surface area (Å²) in [7, 11) is 0. The number of benzene rings is 1. The molecular weight excluding hydrogens is 318 g/mol. The van der Waals surface area contributed by atoms with E-state index in [9.17, 15) is 9.59 Å². The van der Waals surface area contributed by atoms with E-state index >= 15 is 0 Å². The fourth-order valence-corrected chi connectivity index (χ4v) is 2.94. The summed E-state index contributed by atoms with van der Waals surface area (Å²) in [5.74, 6) is -0.920. The van der Waals surface area contributed by atoms with Crippen LogP contribution < -0.4 is 10.6 Å². The highest BCUT2D eigenvalue weighted by molar-refractivity contribution is 6.30. The summed E-state index contributed by atoms with van der Waals surface area (Å²) in [6, 6.07) is 7.38. The van der Waals surface area contributed by atoms with Gasteiger partial charge >= 0.3 is 5.97 Å². The molecule has 1 aromatic carbocycles. The number of halogens is 1. The van der Waals surface area contributed by atoms with Crippen LogP contribution in [0.3, 0.4) is 0 Å². The maximum absolute atomic E-state index is 12.0. The van der Waals surface area contributed by atoms with E-state index in [0.29, 0.717) is 24.7 Å². The second-order valence-corrected chi connectivity index (χ2v) is 6.61. The number of carbonyl (C=O) groups excluding carboxylic acids is 1. The van der Waals surface area contributed by atoms with E-state index < -0.39 is 5.97 Å². The van der Waals surface area contributed by atoms with Crippen LogP contribution in [0.2, 0.25) is 5.02 Å². The fraction of sp³-hybridized carbons (Fsp3) is 0.500. The minimum atomic E-state index is -0.871. The van der Waals surface area contributed by atoms with Crippen LogP contribution in [0.1, 0.15) is 18.9 Å². The standard InChI is InChI=1S/C16H22ClN3O3/c1-16(19-9-15(22)23)5-6-20(11-16)10-14(21)18-8-12-3-2-4-13(17)7-12/h2-4,7,19H,5-6,8-11H2,1H3,(H,18,21)(H,22,23)/t16-/m1/s1. The number of aliphatic carboxylic acids is 1. The summed E-state index contributed by atoms with van der Waals surface area (Å²) in [5, 5.41) is 15.3. The van der Waals surface area contributed by atoms with Crippen LogP contribution in [0.15, 0.2) is 24.3 Å². The maximum atomic E-state index is 12.0. The van der Waals surface area contributed by atoms with Crippen molar-refractivity contribution in [2.45, 2.75) is 25.4 Å². The molecule has 1 atom stereocenters. The molecule has 2 rings (SSSR count). The number of nitrogens with zero attached hydrogens (tertiary/aromatic N) is 1. The van der Waals surface area contributed by atoms with Crippen LogP contribution in [0.25, 0.3) is 0 Å². The molecule has 3 N–H and O–H groups in total. The molecule has 23 heavy (non-hydrogen) atoms. The van der Waals surface area contributed by atoms with Crippen LogP contribution in [0.5, 0.6) is 0 Å². The van der Waals surface area contributed by atoms with Gasteiger partial charge in [0.05, 0.1) is 13.1 Å². The summed E-state index contributed by atoms with van der Waals surface area (Å²) in [6.07, 6.45) is 0.821. The lowest BCUT2D eigenvalue weighted by molar-refractivity contribution is -0.136. The fourth-order valence-electron chi connectivity index (χ4n) is 2.73.